The standard InChI is InChI=1S/C18H26N4O2S/c1-4-6-9-12-19-16(23)13-25-18-21-20-17(22(18)5-2)14-10-7-8-11-15(14)24-3/h7-8,10-11H,4-6,9,12-13H2,1-3H3,(H,19,23). The molecular weight excluding hydrogens is 336 g/mol. The minimum absolute atomic E-state index is 0.0330. The Labute approximate surface area is 153 Å². The predicted octanol–water partition coefficient (Wildman–Crippen LogP) is 3.37. The number of methoxy groups -OCH3 is 1. The van der Waals surface area contributed by atoms with E-state index < -0.39 is 0 Å². The van der Waals surface area contributed by atoms with Crippen molar-refractivity contribution in [2.45, 2.75) is 44.8 Å². The number of rotatable bonds is 10. The summed E-state index contributed by atoms with van der Waals surface area (Å²) >= 11 is 1.41. The van der Waals surface area contributed by atoms with Crippen molar-refractivity contribution in [3.05, 3.63) is 24.3 Å². The van der Waals surface area contributed by atoms with Crippen LogP contribution in [0.3, 0.4) is 0 Å². The number of carbonyl (C=O) groups is 1. The maximum atomic E-state index is 11.9. The molecule has 0 saturated carbocycles. The van der Waals surface area contributed by atoms with E-state index in [2.05, 4.69) is 22.4 Å². The molecule has 0 fully saturated rings. The van der Waals surface area contributed by atoms with Gasteiger partial charge in [-0.15, -0.1) is 10.2 Å². The Kier molecular flexibility index (Phi) is 7.78. The second-order valence-corrected chi connectivity index (χ2v) is 6.54. The van der Waals surface area contributed by atoms with Gasteiger partial charge in [-0.05, 0) is 25.5 Å². The van der Waals surface area contributed by atoms with Crippen LogP contribution in [0.5, 0.6) is 5.75 Å². The molecule has 6 nitrogen and oxygen atoms in total. The first-order valence-corrected chi connectivity index (χ1v) is 9.65. The number of nitrogens with one attached hydrogen (secondary N) is 1. The first-order valence-electron chi connectivity index (χ1n) is 8.67. The van der Waals surface area contributed by atoms with Gasteiger partial charge in [0.15, 0.2) is 11.0 Å². The highest BCUT2D eigenvalue weighted by molar-refractivity contribution is 7.99. The van der Waals surface area contributed by atoms with E-state index in [0.29, 0.717) is 5.75 Å². The fourth-order valence-corrected chi connectivity index (χ4v) is 3.33. The summed E-state index contributed by atoms with van der Waals surface area (Å²) < 4.78 is 7.43. The van der Waals surface area contributed by atoms with Gasteiger partial charge in [-0.25, -0.2) is 0 Å². The molecule has 2 aromatic rings. The van der Waals surface area contributed by atoms with E-state index in [1.54, 1.807) is 7.11 Å². The molecule has 1 amide bonds. The van der Waals surface area contributed by atoms with Crippen LogP contribution in [0.1, 0.15) is 33.1 Å². The lowest BCUT2D eigenvalue weighted by Crippen LogP contribution is -2.26. The largest absolute Gasteiger partial charge is 0.496 e. The molecule has 1 aromatic carbocycles. The first kappa shape index (κ1) is 19.3. The molecule has 0 radical (unpaired) electrons. The minimum Gasteiger partial charge on any atom is -0.496 e. The molecule has 25 heavy (non-hydrogen) atoms. The summed E-state index contributed by atoms with van der Waals surface area (Å²) in [4.78, 5) is 11.9. The number of carbonyl (C=O) groups excluding carboxylic acids is 1. The topological polar surface area (TPSA) is 69.0 Å². The van der Waals surface area contributed by atoms with Gasteiger partial charge in [0.1, 0.15) is 5.75 Å². The molecule has 0 aliphatic carbocycles. The maximum Gasteiger partial charge on any atom is 0.230 e. The number of amides is 1. The summed E-state index contributed by atoms with van der Waals surface area (Å²) in [6.07, 6.45) is 3.31. The Morgan fingerprint density at radius 2 is 2.04 bits per heavy atom. The van der Waals surface area contributed by atoms with E-state index in [1.165, 1.54) is 11.8 Å². The van der Waals surface area contributed by atoms with Crippen LogP contribution in [0.4, 0.5) is 0 Å². The molecule has 0 unspecified atom stereocenters. The Bertz CT molecular complexity index is 687. The Hall–Kier alpha value is -2.02. The molecule has 1 N–H and O–H groups in total. The molecular formula is C18H26N4O2S. The molecule has 7 heteroatoms. The van der Waals surface area contributed by atoms with Crippen LogP contribution in [0.25, 0.3) is 11.4 Å². The van der Waals surface area contributed by atoms with Gasteiger partial charge in [0.05, 0.1) is 18.4 Å². The third kappa shape index (κ3) is 5.22. The zero-order chi connectivity index (χ0) is 18.1. The third-order valence-electron chi connectivity index (χ3n) is 3.82. The van der Waals surface area contributed by atoms with E-state index in [0.717, 1.165) is 54.6 Å². The molecule has 1 aromatic heterocycles. The van der Waals surface area contributed by atoms with Gasteiger partial charge < -0.3 is 14.6 Å². The van der Waals surface area contributed by atoms with E-state index >= 15 is 0 Å². The summed E-state index contributed by atoms with van der Waals surface area (Å²) in [5.74, 6) is 1.89. The van der Waals surface area contributed by atoms with Crippen molar-refractivity contribution in [2.75, 3.05) is 19.4 Å². The lowest BCUT2D eigenvalue weighted by molar-refractivity contribution is -0.118. The molecule has 0 saturated heterocycles. The van der Waals surface area contributed by atoms with Crippen LogP contribution < -0.4 is 10.1 Å². The summed E-state index contributed by atoms with van der Waals surface area (Å²) in [6.45, 7) is 5.65. The molecule has 0 bridgehead atoms. The maximum absolute atomic E-state index is 11.9. The fraction of sp³-hybridized carbons (Fsp3) is 0.500. The van der Waals surface area contributed by atoms with E-state index in [4.69, 9.17) is 4.74 Å². The highest BCUT2D eigenvalue weighted by Gasteiger charge is 2.17. The lowest BCUT2D eigenvalue weighted by atomic mass is 10.2. The van der Waals surface area contributed by atoms with E-state index in [9.17, 15) is 4.79 Å². The number of aromatic nitrogens is 3. The first-order chi connectivity index (χ1) is 12.2. The number of hydrogen-bond donors (Lipinski definition) is 1. The van der Waals surface area contributed by atoms with Gasteiger partial charge >= 0.3 is 0 Å². The second kappa shape index (κ2) is 10.1. The highest BCUT2D eigenvalue weighted by Crippen LogP contribution is 2.30. The summed E-state index contributed by atoms with van der Waals surface area (Å²) in [5.41, 5.74) is 0.898. The Morgan fingerprint density at radius 3 is 2.76 bits per heavy atom. The van der Waals surface area contributed by atoms with Crippen molar-refractivity contribution in [1.29, 1.82) is 0 Å². The number of hydrogen-bond acceptors (Lipinski definition) is 5. The monoisotopic (exact) mass is 362 g/mol. The average Bonchev–Trinajstić information content (AvgIpc) is 3.06. The van der Waals surface area contributed by atoms with Gasteiger partial charge in [0, 0.05) is 13.1 Å². The third-order valence-corrected chi connectivity index (χ3v) is 4.78. The Morgan fingerprint density at radius 1 is 1.24 bits per heavy atom. The molecule has 136 valence electrons. The number of benzene rings is 1. The second-order valence-electron chi connectivity index (χ2n) is 5.60. The SMILES string of the molecule is CCCCCNC(=O)CSc1nnc(-c2ccccc2OC)n1CC. The molecule has 0 spiro atoms. The highest BCUT2D eigenvalue weighted by atomic mass is 32.2. The zero-order valence-electron chi connectivity index (χ0n) is 15.1. The van der Waals surface area contributed by atoms with Crippen LogP contribution in [-0.4, -0.2) is 40.1 Å². The van der Waals surface area contributed by atoms with Gasteiger partial charge in [0.2, 0.25) is 5.91 Å². The van der Waals surface area contributed by atoms with Crippen LogP contribution in [0, 0.1) is 0 Å². The van der Waals surface area contributed by atoms with Crippen molar-refractivity contribution in [1.82, 2.24) is 20.1 Å². The van der Waals surface area contributed by atoms with Crippen molar-refractivity contribution >= 4 is 17.7 Å². The van der Waals surface area contributed by atoms with Crippen molar-refractivity contribution in [3.63, 3.8) is 0 Å². The van der Waals surface area contributed by atoms with E-state index in [-0.39, 0.29) is 5.91 Å². The van der Waals surface area contributed by atoms with Crippen LogP contribution in [0.2, 0.25) is 0 Å². The smallest absolute Gasteiger partial charge is 0.230 e. The fourth-order valence-electron chi connectivity index (χ4n) is 2.49. The molecule has 0 aliphatic heterocycles. The number of thioether (sulfide) groups is 1. The van der Waals surface area contributed by atoms with Crippen molar-refractivity contribution in [3.8, 4) is 17.1 Å². The predicted molar refractivity (Wildman–Crippen MR) is 101 cm³/mol. The molecule has 0 aliphatic rings. The van der Waals surface area contributed by atoms with Crippen LogP contribution in [-0.2, 0) is 11.3 Å². The van der Waals surface area contributed by atoms with Crippen LogP contribution in [0.15, 0.2) is 29.4 Å². The lowest BCUT2D eigenvalue weighted by Gasteiger charge is -2.10. The number of ether oxygens (including phenoxy) is 1. The Balaban J connectivity index is 2.03. The summed E-state index contributed by atoms with van der Waals surface area (Å²) in [5, 5.41) is 12.3. The normalized spacial score (nSPS) is 10.7. The minimum atomic E-state index is 0.0330. The summed E-state index contributed by atoms with van der Waals surface area (Å²) in [7, 11) is 1.64. The average molecular weight is 362 g/mol. The van der Waals surface area contributed by atoms with Gasteiger partial charge in [-0.1, -0.05) is 43.7 Å². The van der Waals surface area contributed by atoms with Gasteiger partial charge in [-0.2, -0.15) is 0 Å². The van der Waals surface area contributed by atoms with Crippen molar-refractivity contribution in [2.24, 2.45) is 0 Å². The molecule has 2 rings (SSSR count). The van der Waals surface area contributed by atoms with Crippen molar-refractivity contribution < 1.29 is 9.53 Å². The quantitative estimate of drug-likeness (QED) is 0.518. The molecule has 1 heterocycles. The van der Waals surface area contributed by atoms with Gasteiger partial charge in [-0.3, -0.25) is 4.79 Å². The summed E-state index contributed by atoms with van der Waals surface area (Å²) in [6, 6.07) is 7.74. The molecule has 0 atom stereocenters. The van der Waals surface area contributed by atoms with Crippen LogP contribution >= 0.6 is 11.8 Å². The number of para-hydroxylation sites is 1. The number of unbranched alkanes of at least 4 members (excludes halogenated alkanes) is 2. The number of nitrogens with zero attached hydrogens (tertiary/aromatic N) is 3. The van der Waals surface area contributed by atoms with E-state index in [1.807, 2.05) is 35.8 Å². The zero-order valence-corrected chi connectivity index (χ0v) is 15.9. The van der Waals surface area contributed by atoms with Gasteiger partial charge in [0.25, 0.3) is 0 Å².